The van der Waals surface area contributed by atoms with Crippen molar-refractivity contribution in [3.63, 3.8) is 0 Å². The summed E-state index contributed by atoms with van der Waals surface area (Å²) in [5.41, 5.74) is 2.06. The molecule has 0 saturated heterocycles. The molecular formula is C19H29NO. The Balaban J connectivity index is 1.36. The lowest BCUT2D eigenvalue weighted by molar-refractivity contribution is 0.306. The quantitative estimate of drug-likeness (QED) is 0.638. The highest BCUT2D eigenvalue weighted by molar-refractivity contribution is 5.27. The molecule has 2 aliphatic carbocycles. The third-order valence-electron chi connectivity index (χ3n) is 5.08. The molecule has 1 aromatic carbocycles. The predicted octanol–water partition coefficient (Wildman–Crippen LogP) is 4.54. The highest BCUT2D eigenvalue weighted by Crippen LogP contribution is 2.60. The van der Waals surface area contributed by atoms with Gasteiger partial charge in [0.2, 0.25) is 0 Å². The molecule has 0 bridgehead atoms. The van der Waals surface area contributed by atoms with Gasteiger partial charge in [0.15, 0.2) is 0 Å². The molecule has 0 heterocycles. The van der Waals surface area contributed by atoms with Gasteiger partial charge in [-0.3, -0.25) is 0 Å². The summed E-state index contributed by atoms with van der Waals surface area (Å²) in [7, 11) is 0. The first kappa shape index (κ1) is 14.9. The smallest absolute Gasteiger partial charge is 0.119 e. The normalized spacial score (nSPS) is 19.5. The molecule has 2 nitrogen and oxygen atoms in total. The standard InChI is InChI=1S/C19H29NO/c1-2-3-4-13-21-18-9-5-16(6-10-18)14-20-15-19(11-12-19)17-7-8-17/h5-6,9-10,17,20H,2-4,7-8,11-15H2,1H3. The van der Waals surface area contributed by atoms with Gasteiger partial charge in [-0.2, -0.15) is 0 Å². The Labute approximate surface area is 129 Å². The van der Waals surface area contributed by atoms with E-state index in [4.69, 9.17) is 4.74 Å². The topological polar surface area (TPSA) is 21.3 Å². The minimum Gasteiger partial charge on any atom is -0.494 e. The van der Waals surface area contributed by atoms with Crippen LogP contribution in [-0.2, 0) is 6.54 Å². The van der Waals surface area contributed by atoms with Crippen LogP contribution >= 0.6 is 0 Å². The van der Waals surface area contributed by atoms with Crippen molar-refractivity contribution in [3.8, 4) is 5.75 Å². The molecule has 1 aromatic rings. The van der Waals surface area contributed by atoms with Crippen LogP contribution in [-0.4, -0.2) is 13.2 Å². The summed E-state index contributed by atoms with van der Waals surface area (Å²) in [4.78, 5) is 0. The van der Waals surface area contributed by atoms with Gasteiger partial charge in [-0.25, -0.2) is 0 Å². The second-order valence-electron chi connectivity index (χ2n) is 6.94. The van der Waals surface area contributed by atoms with Crippen LogP contribution in [0.3, 0.4) is 0 Å². The van der Waals surface area contributed by atoms with Gasteiger partial charge in [-0.15, -0.1) is 0 Å². The number of ether oxygens (including phenoxy) is 1. The zero-order chi connectivity index (χ0) is 14.5. The SMILES string of the molecule is CCCCCOc1ccc(CNCC2(C3CC3)CC2)cc1. The Morgan fingerprint density at radius 1 is 1.14 bits per heavy atom. The fraction of sp³-hybridized carbons (Fsp3) is 0.684. The molecule has 21 heavy (non-hydrogen) atoms. The van der Waals surface area contributed by atoms with Crippen LogP contribution in [0.4, 0.5) is 0 Å². The van der Waals surface area contributed by atoms with E-state index >= 15 is 0 Å². The molecule has 1 N–H and O–H groups in total. The van der Waals surface area contributed by atoms with Crippen LogP contribution < -0.4 is 10.1 Å². The van der Waals surface area contributed by atoms with E-state index in [0.29, 0.717) is 5.41 Å². The highest BCUT2D eigenvalue weighted by atomic mass is 16.5. The van der Waals surface area contributed by atoms with Gasteiger partial charge in [-0.05, 0) is 61.1 Å². The molecule has 2 saturated carbocycles. The van der Waals surface area contributed by atoms with Crippen molar-refractivity contribution in [2.75, 3.05) is 13.2 Å². The number of unbranched alkanes of at least 4 members (excludes halogenated alkanes) is 2. The molecule has 0 aromatic heterocycles. The zero-order valence-corrected chi connectivity index (χ0v) is 13.4. The van der Waals surface area contributed by atoms with Gasteiger partial charge < -0.3 is 10.1 Å². The maximum Gasteiger partial charge on any atom is 0.119 e. The third kappa shape index (κ3) is 4.23. The number of hydrogen-bond acceptors (Lipinski definition) is 2. The van der Waals surface area contributed by atoms with Crippen molar-refractivity contribution in [2.45, 2.75) is 58.4 Å². The largest absolute Gasteiger partial charge is 0.494 e. The first-order valence-electron chi connectivity index (χ1n) is 8.75. The van der Waals surface area contributed by atoms with Crippen LogP contribution in [0.5, 0.6) is 5.75 Å². The second-order valence-corrected chi connectivity index (χ2v) is 6.94. The molecule has 0 unspecified atom stereocenters. The van der Waals surface area contributed by atoms with Gasteiger partial charge in [0, 0.05) is 13.1 Å². The summed E-state index contributed by atoms with van der Waals surface area (Å²) in [5, 5.41) is 3.66. The number of hydrogen-bond donors (Lipinski definition) is 1. The minimum absolute atomic E-state index is 0.697. The van der Waals surface area contributed by atoms with Gasteiger partial charge in [-0.1, -0.05) is 31.9 Å². The molecule has 0 aliphatic heterocycles. The molecular weight excluding hydrogens is 258 g/mol. The molecule has 2 fully saturated rings. The fourth-order valence-corrected chi connectivity index (χ4v) is 3.29. The molecule has 116 valence electrons. The molecule has 0 spiro atoms. The number of nitrogens with one attached hydrogen (secondary N) is 1. The first-order chi connectivity index (χ1) is 10.3. The van der Waals surface area contributed by atoms with Crippen molar-refractivity contribution < 1.29 is 4.74 Å². The van der Waals surface area contributed by atoms with E-state index in [2.05, 4.69) is 36.5 Å². The first-order valence-corrected chi connectivity index (χ1v) is 8.75. The third-order valence-corrected chi connectivity index (χ3v) is 5.08. The Bertz CT molecular complexity index is 431. The monoisotopic (exact) mass is 287 g/mol. The molecule has 0 radical (unpaired) electrons. The van der Waals surface area contributed by atoms with Crippen LogP contribution in [0.25, 0.3) is 0 Å². The Kier molecular flexibility index (Phi) is 4.84. The Morgan fingerprint density at radius 3 is 2.52 bits per heavy atom. The summed E-state index contributed by atoms with van der Waals surface area (Å²) in [6, 6.07) is 8.60. The predicted molar refractivity (Wildman–Crippen MR) is 87.6 cm³/mol. The average Bonchev–Trinajstić information content (AvgIpc) is 3.38. The van der Waals surface area contributed by atoms with Crippen molar-refractivity contribution in [2.24, 2.45) is 11.3 Å². The Morgan fingerprint density at radius 2 is 1.90 bits per heavy atom. The van der Waals surface area contributed by atoms with E-state index in [9.17, 15) is 0 Å². The molecule has 0 amide bonds. The average molecular weight is 287 g/mol. The summed E-state index contributed by atoms with van der Waals surface area (Å²) in [6.07, 6.45) is 9.52. The zero-order valence-electron chi connectivity index (χ0n) is 13.4. The van der Waals surface area contributed by atoms with Crippen molar-refractivity contribution in [3.05, 3.63) is 29.8 Å². The van der Waals surface area contributed by atoms with E-state index in [1.807, 2.05) is 0 Å². The van der Waals surface area contributed by atoms with Gasteiger partial charge in [0.05, 0.1) is 6.61 Å². The summed E-state index contributed by atoms with van der Waals surface area (Å²) in [5.74, 6) is 2.05. The van der Waals surface area contributed by atoms with Crippen LogP contribution in [0.1, 0.15) is 57.4 Å². The summed E-state index contributed by atoms with van der Waals surface area (Å²) >= 11 is 0. The van der Waals surface area contributed by atoms with E-state index in [-0.39, 0.29) is 0 Å². The maximum absolute atomic E-state index is 5.75. The Hall–Kier alpha value is -1.02. The van der Waals surface area contributed by atoms with Crippen LogP contribution in [0.2, 0.25) is 0 Å². The summed E-state index contributed by atoms with van der Waals surface area (Å²) < 4.78 is 5.75. The number of benzene rings is 1. The molecule has 0 atom stereocenters. The van der Waals surface area contributed by atoms with Gasteiger partial charge in [0.25, 0.3) is 0 Å². The van der Waals surface area contributed by atoms with Crippen LogP contribution in [0.15, 0.2) is 24.3 Å². The van der Waals surface area contributed by atoms with E-state index in [1.165, 1.54) is 50.6 Å². The maximum atomic E-state index is 5.75. The lowest BCUT2D eigenvalue weighted by Gasteiger charge is -2.15. The van der Waals surface area contributed by atoms with Crippen molar-refractivity contribution >= 4 is 0 Å². The van der Waals surface area contributed by atoms with Crippen LogP contribution in [0, 0.1) is 11.3 Å². The summed E-state index contributed by atoms with van der Waals surface area (Å²) in [6.45, 7) is 5.27. The number of rotatable bonds is 10. The lowest BCUT2D eigenvalue weighted by atomic mass is 10.0. The van der Waals surface area contributed by atoms with Crippen molar-refractivity contribution in [1.29, 1.82) is 0 Å². The van der Waals surface area contributed by atoms with E-state index in [0.717, 1.165) is 31.2 Å². The van der Waals surface area contributed by atoms with Gasteiger partial charge >= 0.3 is 0 Å². The molecule has 2 heteroatoms. The van der Waals surface area contributed by atoms with E-state index < -0.39 is 0 Å². The second kappa shape index (κ2) is 6.83. The molecule has 3 rings (SSSR count). The van der Waals surface area contributed by atoms with Gasteiger partial charge in [0.1, 0.15) is 5.75 Å². The lowest BCUT2D eigenvalue weighted by Crippen LogP contribution is -2.24. The fourth-order valence-electron chi connectivity index (χ4n) is 3.29. The molecule has 2 aliphatic rings. The minimum atomic E-state index is 0.697. The van der Waals surface area contributed by atoms with Crippen molar-refractivity contribution in [1.82, 2.24) is 5.32 Å². The highest BCUT2D eigenvalue weighted by Gasteiger charge is 2.53. The van der Waals surface area contributed by atoms with E-state index in [1.54, 1.807) is 0 Å².